The van der Waals surface area contributed by atoms with Crippen LogP contribution in [-0.2, 0) is 9.47 Å². The lowest BCUT2D eigenvalue weighted by atomic mass is 10.1. The topological polar surface area (TPSA) is 35.5 Å². The molecule has 0 saturated carbocycles. The van der Waals surface area contributed by atoms with Gasteiger partial charge in [0.05, 0.1) is 0 Å². The van der Waals surface area contributed by atoms with E-state index in [4.69, 9.17) is 79.1 Å². The summed E-state index contributed by atoms with van der Waals surface area (Å²) in [4.78, 5) is 12.0. The number of rotatable bonds is 10. The van der Waals surface area contributed by atoms with Gasteiger partial charge in [-0.2, -0.15) is 0 Å². The van der Waals surface area contributed by atoms with Gasteiger partial charge in [-0.3, -0.25) is 0 Å². The lowest BCUT2D eigenvalue weighted by molar-refractivity contribution is -0.00499. The van der Waals surface area contributed by atoms with Crippen LogP contribution < -0.4 is 0 Å². The highest BCUT2D eigenvalue weighted by molar-refractivity contribution is 6.68. The summed E-state index contributed by atoms with van der Waals surface area (Å²) < 4.78 is 6.83. The van der Waals surface area contributed by atoms with Crippen LogP contribution in [0, 0.1) is 0 Å². The summed E-state index contributed by atoms with van der Waals surface area (Å²) in [5.41, 5.74) is 0. The highest BCUT2D eigenvalue weighted by atomic mass is 35.6. The van der Waals surface area contributed by atoms with Gasteiger partial charge in [0.15, 0.2) is 12.2 Å². The monoisotopic (exact) mass is 462 g/mol. The molecule has 0 spiro atoms. The molecule has 2 atom stereocenters. The first-order valence-electron chi connectivity index (χ1n) is 8.03. The van der Waals surface area contributed by atoms with Gasteiger partial charge in [-0.15, -0.1) is 0 Å². The van der Waals surface area contributed by atoms with Gasteiger partial charge in [-0.25, -0.2) is 4.79 Å². The van der Waals surface area contributed by atoms with Crippen LogP contribution >= 0.6 is 69.6 Å². The van der Waals surface area contributed by atoms with Gasteiger partial charge in [0.1, 0.15) is 0 Å². The van der Waals surface area contributed by atoms with E-state index in [9.17, 15) is 4.79 Å². The van der Waals surface area contributed by atoms with E-state index in [0.717, 1.165) is 38.5 Å². The Labute approximate surface area is 174 Å². The van der Waals surface area contributed by atoms with Crippen molar-refractivity contribution in [3.8, 4) is 0 Å². The maximum absolute atomic E-state index is 12.0. The molecule has 24 heavy (non-hydrogen) atoms. The molecule has 0 rings (SSSR count). The average Bonchev–Trinajstić information content (AvgIpc) is 2.43. The molecule has 9 heteroatoms. The van der Waals surface area contributed by atoms with Crippen LogP contribution in [0.2, 0.25) is 0 Å². The maximum atomic E-state index is 12.0. The lowest BCUT2D eigenvalue weighted by Gasteiger charge is -2.27. The molecule has 0 radical (unpaired) electrons. The molecule has 0 aliphatic heterocycles. The molecule has 144 valence electrons. The van der Waals surface area contributed by atoms with Crippen LogP contribution in [0.4, 0.5) is 4.79 Å². The minimum atomic E-state index is -1.75. The van der Waals surface area contributed by atoms with Gasteiger partial charge in [0.2, 0.25) is 7.59 Å². The molecule has 0 aliphatic carbocycles. The van der Waals surface area contributed by atoms with Gasteiger partial charge >= 0.3 is 6.16 Å². The number of hydrogen-bond acceptors (Lipinski definition) is 3. The van der Waals surface area contributed by atoms with Crippen LogP contribution in [0.1, 0.15) is 65.2 Å². The Bertz CT molecular complexity index is 322. The van der Waals surface area contributed by atoms with Crippen molar-refractivity contribution < 1.29 is 14.3 Å². The van der Waals surface area contributed by atoms with Crippen molar-refractivity contribution in [2.24, 2.45) is 0 Å². The Kier molecular flexibility index (Phi) is 12.9. The summed E-state index contributed by atoms with van der Waals surface area (Å²) in [6.07, 6.45) is 3.33. The number of unbranched alkanes of at least 4 members (excludes halogenated alkanes) is 4. The van der Waals surface area contributed by atoms with Crippen LogP contribution in [0.15, 0.2) is 0 Å². The van der Waals surface area contributed by atoms with Crippen molar-refractivity contribution in [3.05, 3.63) is 0 Å². The molecule has 2 unspecified atom stereocenters. The molecule has 0 amide bonds. The normalized spacial score (nSPS) is 15.0. The molecule has 0 N–H and O–H groups in total. The van der Waals surface area contributed by atoms with Crippen molar-refractivity contribution in [2.75, 3.05) is 0 Å². The van der Waals surface area contributed by atoms with E-state index < -0.39 is 25.9 Å². The molecule has 3 nitrogen and oxygen atoms in total. The molecular weight excluding hydrogens is 441 g/mol. The van der Waals surface area contributed by atoms with E-state index >= 15 is 0 Å². The first kappa shape index (κ1) is 25.0. The summed E-state index contributed by atoms with van der Waals surface area (Å²) in [6.45, 7) is 4.09. The van der Waals surface area contributed by atoms with Crippen LogP contribution in [0.3, 0.4) is 0 Å². The molecule has 0 aromatic heterocycles. The first-order valence-corrected chi connectivity index (χ1v) is 10.3. The smallest absolute Gasteiger partial charge is 0.426 e. The van der Waals surface area contributed by atoms with Crippen LogP contribution in [-0.4, -0.2) is 25.9 Å². The predicted octanol–water partition coefficient (Wildman–Crippen LogP) is 7.78. The second-order valence-corrected chi connectivity index (χ2v) is 10.3. The Balaban J connectivity index is 4.70. The summed E-state index contributed by atoms with van der Waals surface area (Å²) in [7, 11) is 0. The minimum absolute atomic E-state index is 0.410. The van der Waals surface area contributed by atoms with Gasteiger partial charge in [0.25, 0.3) is 0 Å². The van der Waals surface area contributed by atoms with Crippen LogP contribution in [0.25, 0.3) is 0 Å². The quantitative estimate of drug-likeness (QED) is 0.188. The molecule has 0 aliphatic rings. The minimum Gasteiger partial charge on any atom is -0.426 e. The van der Waals surface area contributed by atoms with Gasteiger partial charge in [-0.05, 0) is 25.7 Å². The highest BCUT2D eigenvalue weighted by Gasteiger charge is 2.39. The zero-order chi connectivity index (χ0) is 18.8. The Morgan fingerprint density at radius 2 is 1.08 bits per heavy atom. The molecular formula is C15H24Cl6O3. The van der Waals surface area contributed by atoms with Crippen molar-refractivity contribution in [3.63, 3.8) is 0 Å². The second kappa shape index (κ2) is 12.4. The molecule has 0 fully saturated rings. The molecule has 0 aromatic rings. The van der Waals surface area contributed by atoms with E-state index in [2.05, 4.69) is 0 Å². The van der Waals surface area contributed by atoms with Crippen molar-refractivity contribution in [1.82, 2.24) is 0 Å². The zero-order valence-electron chi connectivity index (χ0n) is 13.8. The van der Waals surface area contributed by atoms with Crippen molar-refractivity contribution >= 4 is 75.8 Å². The fourth-order valence-corrected chi connectivity index (χ4v) is 2.92. The largest absolute Gasteiger partial charge is 0.509 e. The van der Waals surface area contributed by atoms with Gasteiger partial charge < -0.3 is 9.47 Å². The van der Waals surface area contributed by atoms with E-state index in [0.29, 0.717) is 12.8 Å². The molecule has 0 aromatic carbocycles. The van der Waals surface area contributed by atoms with E-state index in [-0.39, 0.29) is 0 Å². The lowest BCUT2D eigenvalue weighted by Crippen LogP contribution is -2.36. The molecule has 0 heterocycles. The number of ether oxygens (including phenoxy) is 2. The van der Waals surface area contributed by atoms with Crippen LogP contribution in [0.5, 0.6) is 0 Å². The third kappa shape index (κ3) is 11.6. The number of hydrogen-bond donors (Lipinski definition) is 0. The molecule has 0 saturated heterocycles. The summed E-state index contributed by atoms with van der Waals surface area (Å²) >= 11 is 35.2. The number of halogens is 6. The maximum Gasteiger partial charge on any atom is 0.509 e. The van der Waals surface area contributed by atoms with E-state index in [1.165, 1.54) is 0 Å². The first-order chi connectivity index (χ1) is 11.0. The van der Waals surface area contributed by atoms with E-state index in [1.807, 2.05) is 13.8 Å². The van der Waals surface area contributed by atoms with Crippen molar-refractivity contribution in [1.29, 1.82) is 0 Å². The third-order valence-electron chi connectivity index (χ3n) is 3.35. The predicted molar refractivity (Wildman–Crippen MR) is 104 cm³/mol. The average molecular weight is 465 g/mol. The summed E-state index contributed by atoms with van der Waals surface area (Å²) in [5, 5.41) is 0. The number of carbonyl (C=O) groups is 1. The van der Waals surface area contributed by atoms with E-state index in [1.54, 1.807) is 0 Å². The zero-order valence-corrected chi connectivity index (χ0v) is 18.3. The standard InChI is InChI=1S/C15H24Cl6O3/c1-3-5-7-9-11(14(16,17)18)23-13(22)24-12(15(19,20)21)10-8-6-4-2/h11-12H,3-10H2,1-2H3. The number of carbonyl (C=O) groups excluding carboxylic acids is 1. The van der Waals surface area contributed by atoms with Gasteiger partial charge in [-0.1, -0.05) is 109 Å². The second-order valence-electron chi connectivity index (χ2n) is 5.54. The summed E-state index contributed by atoms with van der Waals surface area (Å²) in [5.74, 6) is 0. The molecule has 0 bridgehead atoms. The fraction of sp³-hybridized carbons (Fsp3) is 0.933. The third-order valence-corrected chi connectivity index (χ3v) is 4.81. The number of alkyl halides is 6. The summed E-state index contributed by atoms with van der Waals surface area (Å²) in [6, 6.07) is 0. The highest BCUT2D eigenvalue weighted by Crippen LogP contribution is 2.37. The SMILES string of the molecule is CCCCCC(OC(=O)OC(CCCCC)C(Cl)(Cl)Cl)C(Cl)(Cl)Cl. The Hall–Kier alpha value is 1.01. The Morgan fingerprint density at radius 3 is 1.33 bits per heavy atom. The fourth-order valence-electron chi connectivity index (χ4n) is 2.00. The van der Waals surface area contributed by atoms with Gasteiger partial charge in [0, 0.05) is 0 Å². The Morgan fingerprint density at radius 1 is 0.750 bits per heavy atom. The van der Waals surface area contributed by atoms with Crippen molar-refractivity contribution in [2.45, 2.75) is 85.0 Å².